The lowest BCUT2D eigenvalue weighted by atomic mass is 10.1. The first kappa shape index (κ1) is 16.1. The largest absolute Gasteiger partial charge is 0.396 e. The Hall–Kier alpha value is -1.23. The Kier molecular flexibility index (Phi) is 5.91. The van der Waals surface area contributed by atoms with E-state index in [2.05, 4.69) is 10.6 Å². The molecule has 0 aromatic heterocycles. The number of aliphatic hydroxyl groups is 1. The van der Waals surface area contributed by atoms with Crippen LogP contribution in [0.15, 0.2) is 30.4 Å². The van der Waals surface area contributed by atoms with Gasteiger partial charge in [-0.1, -0.05) is 41.4 Å². The third kappa shape index (κ3) is 4.63. The quantitative estimate of drug-likeness (QED) is 0.728. The van der Waals surface area contributed by atoms with Gasteiger partial charge in [-0.05, 0) is 30.5 Å². The third-order valence-electron chi connectivity index (χ3n) is 3.45. The van der Waals surface area contributed by atoms with Gasteiger partial charge in [0.1, 0.15) is 0 Å². The zero-order valence-corrected chi connectivity index (χ0v) is 13.0. The molecule has 0 unspecified atom stereocenters. The maximum atomic E-state index is 11.8. The van der Waals surface area contributed by atoms with E-state index in [-0.39, 0.29) is 24.6 Å². The number of carbonyl (C=O) groups is 1. The van der Waals surface area contributed by atoms with Crippen molar-refractivity contribution in [2.75, 3.05) is 13.2 Å². The van der Waals surface area contributed by atoms with Crippen molar-refractivity contribution in [1.29, 1.82) is 0 Å². The molecule has 0 radical (unpaired) electrons. The monoisotopic (exact) mass is 328 g/mol. The van der Waals surface area contributed by atoms with E-state index < -0.39 is 0 Å². The Labute approximate surface area is 134 Å². The van der Waals surface area contributed by atoms with Crippen molar-refractivity contribution < 1.29 is 9.90 Å². The van der Waals surface area contributed by atoms with Crippen LogP contribution in [-0.4, -0.2) is 30.3 Å². The Morgan fingerprint density at radius 1 is 1.29 bits per heavy atom. The van der Waals surface area contributed by atoms with Gasteiger partial charge in [0, 0.05) is 35.2 Å². The van der Waals surface area contributed by atoms with Gasteiger partial charge >= 0.3 is 6.03 Å². The van der Waals surface area contributed by atoms with Crippen LogP contribution in [0.5, 0.6) is 0 Å². The second-order valence-corrected chi connectivity index (χ2v) is 5.83. The second kappa shape index (κ2) is 7.69. The molecule has 2 rings (SSSR count). The summed E-state index contributed by atoms with van der Waals surface area (Å²) in [6.45, 7) is 0.566. The molecule has 0 heterocycles. The minimum absolute atomic E-state index is 0.0222. The maximum absolute atomic E-state index is 11.8. The van der Waals surface area contributed by atoms with Crippen molar-refractivity contribution in [3.05, 3.63) is 46.0 Å². The molecule has 0 bridgehead atoms. The summed E-state index contributed by atoms with van der Waals surface area (Å²) in [6, 6.07) is 5.10. The van der Waals surface area contributed by atoms with Gasteiger partial charge in [-0.25, -0.2) is 4.79 Å². The number of urea groups is 1. The van der Waals surface area contributed by atoms with Crippen molar-refractivity contribution in [2.45, 2.75) is 18.9 Å². The highest BCUT2D eigenvalue weighted by molar-refractivity contribution is 6.35. The van der Waals surface area contributed by atoms with Crippen LogP contribution in [0.4, 0.5) is 4.79 Å². The average molecular weight is 329 g/mol. The lowest BCUT2D eigenvalue weighted by Crippen LogP contribution is -2.41. The van der Waals surface area contributed by atoms with E-state index in [4.69, 9.17) is 28.3 Å². The Morgan fingerprint density at radius 2 is 2.00 bits per heavy atom. The number of carbonyl (C=O) groups excluding carboxylic acids is 1. The van der Waals surface area contributed by atoms with Crippen LogP contribution in [-0.2, 0) is 6.42 Å². The van der Waals surface area contributed by atoms with E-state index in [0.717, 1.165) is 12.0 Å². The third-order valence-corrected chi connectivity index (χ3v) is 4.15. The molecule has 3 N–H and O–H groups in total. The molecule has 0 saturated heterocycles. The summed E-state index contributed by atoms with van der Waals surface area (Å²) in [5, 5.41) is 15.9. The van der Waals surface area contributed by atoms with Gasteiger partial charge in [-0.15, -0.1) is 0 Å². The standard InChI is InChI=1S/C15H18Cl2N2O2/c16-13-2-1-3-14(17)12(13)6-7-18-15(21)19-11-5-4-10(8-11)9-20/h1-5,10-11,20H,6-9H2,(H2,18,19,21)/t10-,11+/m0/s1. The molecular formula is C15H18Cl2N2O2. The fraction of sp³-hybridized carbons (Fsp3) is 0.400. The molecule has 114 valence electrons. The number of nitrogens with one attached hydrogen (secondary N) is 2. The summed E-state index contributed by atoms with van der Waals surface area (Å²) < 4.78 is 0. The summed E-state index contributed by atoms with van der Waals surface area (Å²) in [7, 11) is 0. The smallest absolute Gasteiger partial charge is 0.315 e. The van der Waals surface area contributed by atoms with Crippen LogP contribution in [0, 0.1) is 5.92 Å². The number of rotatable bonds is 5. The van der Waals surface area contributed by atoms with Crippen LogP contribution in [0.25, 0.3) is 0 Å². The first-order valence-electron chi connectivity index (χ1n) is 6.86. The van der Waals surface area contributed by atoms with E-state index in [1.54, 1.807) is 18.2 Å². The number of hydrogen-bond donors (Lipinski definition) is 3. The van der Waals surface area contributed by atoms with E-state index in [1.807, 2.05) is 12.2 Å². The molecule has 1 aliphatic rings. The summed E-state index contributed by atoms with van der Waals surface area (Å²) in [6.07, 6.45) is 5.14. The van der Waals surface area contributed by atoms with E-state index in [9.17, 15) is 4.79 Å². The number of halogens is 2. The molecule has 1 aromatic rings. The Balaban J connectivity index is 1.74. The van der Waals surface area contributed by atoms with Gasteiger partial charge in [-0.2, -0.15) is 0 Å². The number of benzene rings is 1. The normalized spacial score (nSPS) is 20.5. The van der Waals surface area contributed by atoms with Crippen molar-refractivity contribution in [1.82, 2.24) is 10.6 Å². The van der Waals surface area contributed by atoms with Crippen LogP contribution < -0.4 is 10.6 Å². The molecular weight excluding hydrogens is 311 g/mol. The van der Waals surface area contributed by atoms with Crippen LogP contribution in [0.1, 0.15) is 12.0 Å². The molecule has 1 aromatic carbocycles. The highest BCUT2D eigenvalue weighted by atomic mass is 35.5. The van der Waals surface area contributed by atoms with Gasteiger partial charge in [0.25, 0.3) is 0 Å². The van der Waals surface area contributed by atoms with Gasteiger partial charge < -0.3 is 15.7 Å². The van der Waals surface area contributed by atoms with E-state index in [0.29, 0.717) is 23.0 Å². The molecule has 0 spiro atoms. The average Bonchev–Trinajstić information content (AvgIpc) is 2.89. The SMILES string of the molecule is O=C(NCCc1c(Cl)cccc1Cl)N[C@@H]1C=C[C@H](CO)C1. The van der Waals surface area contributed by atoms with Gasteiger partial charge in [0.2, 0.25) is 0 Å². The predicted molar refractivity (Wildman–Crippen MR) is 84.8 cm³/mol. The summed E-state index contributed by atoms with van der Waals surface area (Å²) in [4.78, 5) is 11.8. The molecule has 2 amide bonds. The summed E-state index contributed by atoms with van der Waals surface area (Å²) in [5.41, 5.74) is 0.835. The fourth-order valence-electron chi connectivity index (χ4n) is 2.31. The van der Waals surface area contributed by atoms with E-state index in [1.165, 1.54) is 0 Å². The molecule has 2 atom stereocenters. The topological polar surface area (TPSA) is 61.4 Å². The molecule has 0 aliphatic heterocycles. The lowest BCUT2D eigenvalue weighted by molar-refractivity contribution is 0.231. The maximum Gasteiger partial charge on any atom is 0.315 e. The molecule has 21 heavy (non-hydrogen) atoms. The molecule has 1 aliphatic carbocycles. The zero-order valence-electron chi connectivity index (χ0n) is 11.5. The van der Waals surface area contributed by atoms with Crippen molar-refractivity contribution >= 4 is 29.2 Å². The second-order valence-electron chi connectivity index (χ2n) is 5.02. The minimum Gasteiger partial charge on any atom is -0.396 e. The molecule has 4 nitrogen and oxygen atoms in total. The number of aliphatic hydroxyl groups excluding tert-OH is 1. The first-order valence-corrected chi connectivity index (χ1v) is 7.62. The molecule has 0 saturated carbocycles. The fourth-order valence-corrected chi connectivity index (χ4v) is 2.90. The number of amides is 2. The van der Waals surface area contributed by atoms with Crippen LogP contribution in [0.3, 0.4) is 0 Å². The molecule has 6 heteroatoms. The van der Waals surface area contributed by atoms with Crippen molar-refractivity contribution in [2.24, 2.45) is 5.92 Å². The van der Waals surface area contributed by atoms with Crippen molar-refractivity contribution in [3.63, 3.8) is 0 Å². The lowest BCUT2D eigenvalue weighted by Gasteiger charge is -2.14. The Bertz CT molecular complexity index is 514. The highest BCUT2D eigenvalue weighted by Crippen LogP contribution is 2.24. The Morgan fingerprint density at radius 3 is 2.62 bits per heavy atom. The zero-order chi connectivity index (χ0) is 15.2. The van der Waals surface area contributed by atoms with E-state index >= 15 is 0 Å². The highest BCUT2D eigenvalue weighted by Gasteiger charge is 2.19. The minimum atomic E-state index is -0.230. The first-order chi connectivity index (χ1) is 10.1. The predicted octanol–water partition coefficient (Wildman–Crippen LogP) is 2.77. The van der Waals surface area contributed by atoms with Gasteiger partial charge in [-0.3, -0.25) is 0 Å². The number of hydrogen-bond acceptors (Lipinski definition) is 2. The van der Waals surface area contributed by atoms with Crippen LogP contribution in [0.2, 0.25) is 10.0 Å². The van der Waals surface area contributed by atoms with Crippen LogP contribution >= 0.6 is 23.2 Å². The molecule has 0 fully saturated rings. The van der Waals surface area contributed by atoms with Gasteiger partial charge in [0.15, 0.2) is 0 Å². The summed E-state index contributed by atoms with van der Waals surface area (Å²) in [5.74, 6) is 0.136. The van der Waals surface area contributed by atoms with Gasteiger partial charge in [0.05, 0.1) is 0 Å². The van der Waals surface area contributed by atoms with Crippen molar-refractivity contribution in [3.8, 4) is 0 Å². The summed E-state index contributed by atoms with van der Waals surface area (Å²) >= 11 is 12.1.